The van der Waals surface area contributed by atoms with E-state index in [1.807, 2.05) is 18.2 Å². The van der Waals surface area contributed by atoms with Gasteiger partial charge in [-0.05, 0) is 43.7 Å². The molecule has 0 saturated carbocycles. The fraction of sp³-hybridized carbons (Fsp3) is 0.500. The van der Waals surface area contributed by atoms with E-state index in [4.69, 9.17) is 10.8 Å². The number of hydrogen-bond donors (Lipinski definition) is 1. The highest BCUT2D eigenvalue weighted by Crippen LogP contribution is 2.18. The van der Waals surface area contributed by atoms with Gasteiger partial charge in [0.1, 0.15) is 0 Å². The first-order valence-corrected chi connectivity index (χ1v) is 8.09. The molecule has 1 heterocycles. The topological polar surface area (TPSA) is 43.8 Å². The van der Waals surface area contributed by atoms with Crippen molar-refractivity contribution in [3.63, 3.8) is 0 Å². The Morgan fingerprint density at radius 3 is 2.48 bits per heavy atom. The summed E-state index contributed by atoms with van der Waals surface area (Å²) in [7, 11) is 0. The maximum atomic E-state index is 6.23. The summed E-state index contributed by atoms with van der Waals surface area (Å²) in [4.78, 5) is 0. The number of aryl methyl sites for hydroxylation is 1. The molecule has 1 aromatic carbocycles. The van der Waals surface area contributed by atoms with Crippen molar-refractivity contribution >= 4 is 0 Å². The molecule has 1 unspecified atom stereocenters. The summed E-state index contributed by atoms with van der Waals surface area (Å²) in [5.41, 5.74) is 8.63. The predicted molar refractivity (Wildman–Crippen MR) is 88.2 cm³/mol. The van der Waals surface area contributed by atoms with E-state index in [0.717, 1.165) is 32.1 Å². The number of hydrogen-bond acceptors (Lipinski definition) is 2. The lowest BCUT2D eigenvalue weighted by atomic mass is 10.0. The van der Waals surface area contributed by atoms with Crippen LogP contribution in [0, 0.1) is 0 Å². The van der Waals surface area contributed by atoms with Crippen LogP contribution < -0.4 is 5.73 Å². The van der Waals surface area contributed by atoms with E-state index in [1.54, 1.807) is 0 Å². The number of benzene rings is 1. The van der Waals surface area contributed by atoms with Crippen LogP contribution in [0.3, 0.4) is 0 Å². The molecule has 0 aliphatic heterocycles. The van der Waals surface area contributed by atoms with Crippen LogP contribution in [0.15, 0.2) is 42.6 Å². The summed E-state index contributed by atoms with van der Waals surface area (Å²) in [6, 6.07) is 13.1. The van der Waals surface area contributed by atoms with Crippen LogP contribution in [-0.2, 0) is 6.42 Å². The van der Waals surface area contributed by atoms with Gasteiger partial charge in [-0.15, -0.1) is 0 Å². The molecular formula is C18H27N3. The van der Waals surface area contributed by atoms with Crippen LogP contribution in [0.4, 0.5) is 0 Å². The van der Waals surface area contributed by atoms with Crippen molar-refractivity contribution in [2.24, 2.45) is 5.73 Å². The van der Waals surface area contributed by atoms with Gasteiger partial charge in [-0.2, -0.15) is 5.10 Å². The molecule has 2 N–H and O–H groups in total. The lowest BCUT2D eigenvalue weighted by Gasteiger charge is -2.13. The van der Waals surface area contributed by atoms with E-state index in [9.17, 15) is 0 Å². The molecule has 0 amide bonds. The van der Waals surface area contributed by atoms with E-state index >= 15 is 0 Å². The minimum absolute atomic E-state index is 0.132. The Kier molecular flexibility index (Phi) is 6.00. The maximum absolute atomic E-state index is 6.23. The third kappa shape index (κ3) is 4.43. The van der Waals surface area contributed by atoms with Gasteiger partial charge in [0.2, 0.25) is 0 Å². The number of nitrogens with zero attached hydrogens (tertiary/aromatic N) is 2. The summed E-state index contributed by atoms with van der Waals surface area (Å²) in [6.45, 7) is 4.43. The molecule has 0 saturated heterocycles. The monoisotopic (exact) mass is 285 g/mol. The van der Waals surface area contributed by atoms with Crippen LogP contribution in [0.2, 0.25) is 0 Å². The zero-order valence-electron chi connectivity index (χ0n) is 13.2. The van der Waals surface area contributed by atoms with Gasteiger partial charge >= 0.3 is 0 Å². The van der Waals surface area contributed by atoms with Gasteiger partial charge in [0.05, 0.1) is 11.7 Å². The van der Waals surface area contributed by atoms with Crippen LogP contribution in [0.25, 0.3) is 0 Å². The average molecular weight is 285 g/mol. The second-order valence-electron chi connectivity index (χ2n) is 5.67. The van der Waals surface area contributed by atoms with Gasteiger partial charge in [0, 0.05) is 12.2 Å². The molecule has 114 valence electrons. The minimum Gasteiger partial charge on any atom is -0.324 e. The SMILES string of the molecule is CCC(CC)n1ccc(CCCC(N)c2ccccc2)n1. The largest absolute Gasteiger partial charge is 0.324 e. The van der Waals surface area contributed by atoms with Crippen LogP contribution in [0.5, 0.6) is 0 Å². The Balaban J connectivity index is 1.81. The molecule has 0 spiro atoms. The van der Waals surface area contributed by atoms with Crippen LogP contribution in [-0.4, -0.2) is 9.78 Å². The van der Waals surface area contributed by atoms with Crippen molar-refractivity contribution in [1.29, 1.82) is 0 Å². The number of aromatic nitrogens is 2. The second-order valence-corrected chi connectivity index (χ2v) is 5.67. The van der Waals surface area contributed by atoms with Gasteiger partial charge in [-0.25, -0.2) is 0 Å². The minimum atomic E-state index is 0.132. The van der Waals surface area contributed by atoms with Crippen molar-refractivity contribution in [2.45, 2.75) is 58.0 Å². The van der Waals surface area contributed by atoms with Gasteiger partial charge in [-0.1, -0.05) is 44.2 Å². The third-order valence-electron chi connectivity index (χ3n) is 4.16. The zero-order valence-corrected chi connectivity index (χ0v) is 13.2. The highest BCUT2D eigenvalue weighted by Gasteiger charge is 2.09. The van der Waals surface area contributed by atoms with Crippen molar-refractivity contribution < 1.29 is 0 Å². The molecule has 3 heteroatoms. The average Bonchev–Trinajstić information content (AvgIpc) is 2.98. The number of rotatable bonds is 8. The van der Waals surface area contributed by atoms with Crippen molar-refractivity contribution in [1.82, 2.24) is 9.78 Å². The Hall–Kier alpha value is -1.61. The maximum Gasteiger partial charge on any atom is 0.0624 e. The second kappa shape index (κ2) is 7.99. The quantitative estimate of drug-likeness (QED) is 0.787. The summed E-state index contributed by atoms with van der Waals surface area (Å²) in [5, 5.41) is 4.70. The first-order valence-electron chi connectivity index (χ1n) is 8.09. The summed E-state index contributed by atoms with van der Waals surface area (Å²) in [6.07, 6.45) is 7.47. The van der Waals surface area contributed by atoms with Gasteiger partial charge in [0.25, 0.3) is 0 Å². The van der Waals surface area contributed by atoms with E-state index in [2.05, 4.69) is 42.9 Å². The molecule has 1 atom stereocenters. The van der Waals surface area contributed by atoms with Gasteiger partial charge in [0.15, 0.2) is 0 Å². The van der Waals surface area contributed by atoms with Crippen LogP contribution in [0.1, 0.15) is 62.9 Å². The fourth-order valence-corrected chi connectivity index (χ4v) is 2.75. The lowest BCUT2D eigenvalue weighted by molar-refractivity contribution is 0.424. The Bertz CT molecular complexity index is 514. The molecular weight excluding hydrogens is 258 g/mol. The Morgan fingerprint density at radius 2 is 1.81 bits per heavy atom. The van der Waals surface area contributed by atoms with Gasteiger partial charge in [-0.3, -0.25) is 4.68 Å². The molecule has 0 aliphatic carbocycles. The molecule has 1 aromatic heterocycles. The zero-order chi connectivity index (χ0) is 15.1. The molecule has 2 aromatic rings. The first-order chi connectivity index (χ1) is 10.2. The molecule has 0 fully saturated rings. The first kappa shape index (κ1) is 15.8. The van der Waals surface area contributed by atoms with E-state index in [-0.39, 0.29) is 6.04 Å². The summed E-state index contributed by atoms with van der Waals surface area (Å²) in [5.74, 6) is 0. The molecule has 0 bridgehead atoms. The Morgan fingerprint density at radius 1 is 1.10 bits per heavy atom. The van der Waals surface area contributed by atoms with Crippen molar-refractivity contribution in [3.05, 3.63) is 53.9 Å². The van der Waals surface area contributed by atoms with Crippen LogP contribution >= 0.6 is 0 Å². The molecule has 3 nitrogen and oxygen atoms in total. The molecule has 0 aliphatic rings. The standard InChI is InChI=1S/C18H27N3/c1-3-17(4-2)21-14-13-16(20-21)11-8-12-18(19)15-9-6-5-7-10-15/h5-7,9-10,13-14,17-18H,3-4,8,11-12,19H2,1-2H3. The molecule has 0 radical (unpaired) electrons. The fourth-order valence-electron chi connectivity index (χ4n) is 2.75. The highest BCUT2D eigenvalue weighted by molar-refractivity contribution is 5.18. The van der Waals surface area contributed by atoms with Crippen molar-refractivity contribution in [3.8, 4) is 0 Å². The third-order valence-corrected chi connectivity index (χ3v) is 4.16. The lowest BCUT2D eigenvalue weighted by Crippen LogP contribution is -2.10. The smallest absolute Gasteiger partial charge is 0.0624 e. The highest BCUT2D eigenvalue weighted by atomic mass is 15.3. The van der Waals surface area contributed by atoms with E-state index in [1.165, 1.54) is 11.3 Å². The molecule has 21 heavy (non-hydrogen) atoms. The summed E-state index contributed by atoms with van der Waals surface area (Å²) < 4.78 is 2.12. The number of nitrogens with two attached hydrogens (primary N) is 1. The Labute approximate surface area is 128 Å². The normalized spacial score (nSPS) is 12.8. The van der Waals surface area contributed by atoms with Gasteiger partial charge < -0.3 is 5.73 Å². The van der Waals surface area contributed by atoms with E-state index in [0.29, 0.717) is 6.04 Å². The summed E-state index contributed by atoms with van der Waals surface area (Å²) >= 11 is 0. The predicted octanol–water partition coefficient (Wildman–Crippen LogP) is 4.27. The molecule has 2 rings (SSSR count). The van der Waals surface area contributed by atoms with E-state index < -0.39 is 0 Å². The van der Waals surface area contributed by atoms with Crippen molar-refractivity contribution in [2.75, 3.05) is 0 Å².